The Hall–Kier alpha value is -2.24. The SMILES string of the molecule is CCCCCCCCCCCCOC(=O)CC(C)(C)c1cc(O)c(C(C)(C)CC(=O)OCCCCCCCCCCCC)cc1O. The van der Waals surface area contributed by atoms with Crippen LogP contribution in [-0.4, -0.2) is 35.4 Å². The van der Waals surface area contributed by atoms with Gasteiger partial charge in [-0.05, 0) is 25.0 Å². The molecule has 0 aromatic heterocycles. The number of esters is 2. The number of ether oxygens (including phenoxy) is 2. The van der Waals surface area contributed by atoms with Crippen LogP contribution in [0.5, 0.6) is 11.5 Å². The highest BCUT2D eigenvalue weighted by atomic mass is 16.5. The summed E-state index contributed by atoms with van der Waals surface area (Å²) in [7, 11) is 0. The van der Waals surface area contributed by atoms with Gasteiger partial charge in [-0.2, -0.15) is 0 Å². The Morgan fingerprint density at radius 3 is 1.04 bits per heavy atom. The number of aromatic hydroxyl groups is 2. The van der Waals surface area contributed by atoms with E-state index in [-0.39, 0.29) is 36.3 Å². The molecular weight excluding hydrogens is 576 g/mol. The van der Waals surface area contributed by atoms with Gasteiger partial charge in [-0.15, -0.1) is 0 Å². The van der Waals surface area contributed by atoms with Crippen LogP contribution in [0.15, 0.2) is 12.1 Å². The molecular formula is C40H70O6. The average Bonchev–Trinajstić information content (AvgIpc) is 2.99. The van der Waals surface area contributed by atoms with Crippen LogP contribution in [-0.2, 0) is 29.9 Å². The highest BCUT2D eigenvalue weighted by Gasteiger charge is 2.33. The van der Waals surface area contributed by atoms with Gasteiger partial charge in [-0.3, -0.25) is 9.59 Å². The Morgan fingerprint density at radius 2 is 0.761 bits per heavy atom. The maximum Gasteiger partial charge on any atom is 0.306 e. The molecule has 0 spiro atoms. The molecule has 0 aliphatic rings. The Bertz CT molecular complexity index is 889. The summed E-state index contributed by atoms with van der Waals surface area (Å²) in [4.78, 5) is 25.3. The summed E-state index contributed by atoms with van der Waals surface area (Å²) < 4.78 is 11.0. The van der Waals surface area contributed by atoms with Crippen molar-refractivity contribution in [1.82, 2.24) is 0 Å². The van der Waals surface area contributed by atoms with Crippen molar-refractivity contribution >= 4 is 11.9 Å². The quantitative estimate of drug-likeness (QED) is 0.0534. The van der Waals surface area contributed by atoms with Crippen molar-refractivity contribution in [2.45, 2.75) is 194 Å². The van der Waals surface area contributed by atoms with E-state index >= 15 is 0 Å². The first-order chi connectivity index (χ1) is 21.9. The summed E-state index contributed by atoms with van der Waals surface area (Å²) in [5.74, 6) is -0.636. The van der Waals surface area contributed by atoms with Crippen LogP contribution in [0, 0.1) is 0 Å². The largest absolute Gasteiger partial charge is 0.508 e. The van der Waals surface area contributed by atoms with E-state index < -0.39 is 10.8 Å². The van der Waals surface area contributed by atoms with Gasteiger partial charge >= 0.3 is 11.9 Å². The molecule has 6 heteroatoms. The zero-order valence-electron chi connectivity index (χ0n) is 30.7. The summed E-state index contributed by atoms with van der Waals surface area (Å²) in [5.41, 5.74) is -0.534. The van der Waals surface area contributed by atoms with Gasteiger partial charge in [0.15, 0.2) is 0 Å². The predicted molar refractivity (Wildman–Crippen MR) is 191 cm³/mol. The van der Waals surface area contributed by atoms with E-state index in [1.807, 2.05) is 27.7 Å². The number of carbonyl (C=O) groups is 2. The molecule has 2 N–H and O–H groups in total. The van der Waals surface area contributed by atoms with Crippen molar-refractivity contribution in [2.24, 2.45) is 0 Å². The molecule has 0 unspecified atom stereocenters. The first-order valence-corrected chi connectivity index (χ1v) is 18.8. The van der Waals surface area contributed by atoms with Gasteiger partial charge in [0.25, 0.3) is 0 Å². The second-order valence-corrected chi connectivity index (χ2v) is 14.8. The van der Waals surface area contributed by atoms with E-state index in [1.165, 1.54) is 115 Å². The van der Waals surface area contributed by atoms with Gasteiger partial charge in [0, 0.05) is 22.0 Å². The number of phenols is 2. The molecule has 0 atom stereocenters. The molecule has 6 nitrogen and oxygen atoms in total. The van der Waals surface area contributed by atoms with Gasteiger partial charge in [-0.25, -0.2) is 0 Å². The van der Waals surface area contributed by atoms with Crippen LogP contribution in [0.4, 0.5) is 0 Å². The number of hydrogen-bond acceptors (Lipinski definition) is 6. The Kier molecular flexibility index (Phi) is 21.8. The molecule has 0 radical (unpaired) electrons. The van der Waals surface area contributed by atoms with Crippen LogP contribution in [0.3, 0.4) is 0 Å². The standard InChI is InChI=1S/C40H70O6/c1-7-9-11-13-15-17-19-21-23-25-27-45-37(43)31-39(3,4)33-29-36(42)34(30-35(33)41)40(5,6)32-38(44)46-28-26-24-22-20-18-16-14-12-10-8-2/h29-30,41-42H,7-28,31-32H2,1-6H3. The smallest absolute Gasteiger partial charge is 0.306 e. The van der Waals surface area contributed by atoms with E-state index in [0.29, 0.717) is 24.3 Å². The highest BCUT2D eigenvalue weighted by Crippen LogP contribution is 2.43. The molecule has 0 aliphatic carbocycles. The topological polar surface area (TPSA) is 93.1 Å². The van der Waals surface area contributed by atoms with Crippen molar-refractivity contribution in [3.05, 3.63) is 23.3 Å². The molecule has 0 bridgehead atoms. The zero-order chi connectivity index (χ0) is 34.3. The van der Waals surface area contributed by atoms with E-state index in [0.717, 1.165) is 25.7 Å². The van der Waals surface area contributed by atoms with Gasteiger partial charge < -0.3 is 19.7 Å². The summed E-state index contributed by atoms with van der Waals surface area (Å²) in [6.07, 6.45) is 24.6. The molecule has 1 rings (SSSR count). The average molecular weight is 647 g/mol. The fourth-order valence-corrected chi connectivity index (χ4v) is 6.23. The number of phenolic OH excluding ortho intramolecular Hbond substituents is 2. The maximum atomic E-state index is 12.6. The van der Waals surface area contributed by atoms with Gasteiger partial charge in [0.1, 0.15) is 11.5 Å². The minimum atomic E-state index is -0.743. The van der Waals surface area contributed by atoms with Crippen molar-refractivity contribution in [1.29, 1.82) is 0 Å². The molecule has 0 amide bonds. The lowest BCUT2D eigenvalue weighted by atomic mass is 9.76. The van der Waals surface area contributed by atoms with Gasteiger partial charge in [0.2, 0.25) is 0 Å². The first kappa shape index (κ1) is 41.8. The molecule has 0 saturated carbocycles. The lowest BCUT2D eigenvalue weighted by Crippen LogP contribution is -2.26. The summed E-state index contributed by atoms with van der Waals surface area (Å²) >= 11 is 0. The van der Waals surface area contributed by atoms with Crippen LogP contribution in [0.2, 0.25) is 0 Å². The number of hydrogen-bond donors (Lipinski definition) is 2. The first-order valence-electron chi connectivity index (χ1n) is 18.8. The molecule has 266 valence electrons. The predicted octanol–water partition coefficient (Wildman–Crippen LogP) is 11.4. The third-order valence-electron chi connectivity index (χ3n) is 9.27. The Morgan fingerprint density at radius 1 is 0.500 bits per heavy atom. The van der Waals surface area contributed by atoms with Crippen LogP contribution in [0.25, 0.3) is 0 Å². The second-order valence-electron chi connectivity index (χ2n) is 14.8. The summed E-state index contributed by atoms with van der Waals surface area (Å²) in [5, 5.41) is 22.0. The third kappa shape index (κ3) is 18.2. The normalized spacial score (nSPS) is 12.0. The van der Waals surface area contributed by atoms with Gasteiger partial charge in [-0.1, -0.05) is 157 Å². The fourth-order valence-electron chi connectivity index (χ4n) is 6.23. The van der Waals surface area contributed by atoms with Crippen LogP contribution in [0.1, 0.15) is 194 Å². The number of rotatable bonds is 28. The van der Waals surface area contributed by atoms with Gasteiger partial charge in [0.05, 0.1) is 26.1 Å². The van der Waals surface area contributed by atoms with Crippen molar-refractivity contribution < 1.29 is 29.3 Å². The number of carbonyl (C=O) groups excluding carboxylic acids is 2. The lowest BCUT2D eigenvalue weighted by molar-refractivity contribution is -0.146. The number of benzene rings is 1. The minimum Gasteiger partial charge on any atom is -0.508 e. The summed E-state index contributed by atoms with van der Waals surface area (Å²) in [6, 6.07) is 3.05. The summed E-state index contributed by atoms with van der Waals surface area (Å²) in [6.45, 7) is 12.7. The maximum absolute atomic E-state index is 12.6. The molecule has 1 aromatic rings. The fraction of sp³-hybridized carbons (Fsp3) is 0.800. The zero-order valence-corrected chi connectivity index (χ0v) is 30.7. The molecule has 0 heterocycles. The Labute approximate surface area is 282 Å². The molecule has 0 saturated heterocycles. The monoisotopic (exact) mass is 647 g/mol. The third-order valence-corrected chi connectivity index (χ3v) is 9.27. The lowest BCUT2D eigenvalue weighted by Gasteiger charge is -2.29. The van der Waals surface area contributed by atoms with E-state index in [2.05, 4.69) is 13.8 Å². The van der Waals surface area contributed by atoms with E-state index in [1.54, 1.807) is 0 Å². The van der Waals surface area contributed by atoms with Crippen molar-refractivity contribution in [2.75, 3.05) is 13.2 Å². The minimum absolute atomic E-state index is 0.00731. The van der Waals surface area contributed by atoms with Crippen LogP contribution >= 0.6 is 0 Å². The molecule has 46 heavy (non-hydrogen) atoms. The molecule has 1 aromatic carbocycles. The van der Waals surface area contributed by atoms with E-state index in [9.17, 15) is 19.8 Å². The van der Waals surface area contributed by atoms with Crippen molar-refractivity contribution in [3.63, 3.8) is 0 Å². The van der Waals surface area contributed by atoms with E-state index in [4.69, 9.17) is 9.47 Å². The molecule has 0 fully saturated rings. The number of unbranched alkanes of at least 4 members (excludes halogenated alkanes) is 18. The second kappa shape index (κ2) is 24.0. The highest BCUT2D eigenvalue weighted by molar-refractivity contribution is 5.73. The van der Waals surface area contributed by atoms with Crippen molar-refractivity contribution in [3.8, 4) is 11.5 Å². The Balaban J connectivity index is 2.44. The molecule has 0 aliphatic heterocycles. The van der Waals surface area contributed by atoms with Crippen LogP contribution < -0.4 is 0 Å².